The van der Waals surface area contributed by atoms with Gasteiger partial charge in [-0.15, -0.1) is 0 Å². The summed E-state index contributed by atoms with van der Waals surface area (Å²) in [5, 5.41) is 11.5. The van der Waals surface area contributed by atoms with Crippen molar-refractivity contribution in [3.8, 4) is 0 Å². The minimum Gasteiger partial charge on any atom is -0.349 e. The number of nitrogens with zero attached hydrogens (tertiary/aromatic N) is 3. The maximum atomic E-state index is 14.7. The van der Waals surface area contributed by atoms with Gasteiger partial charge in [0.15, 0.2) is 0 Å². The normalized spacial score (nSPS) is 26.3. The summed E-state index contributed by atoms with van der Waals surface area (Å²) < 4.78 is 29.4. The van der Waals surface area contributed by atoms with E-state index in [0.29, 0.717) is 39.0 Å². The van der Waals surface area contributed by atoms with E-state index in [2.05, 4.69) is 35.1 Å². The van der Waals surface area contributed by atoms with E-state index in [-0.39, 0.29) is 48.1 Å². The minimum atomic E-state index is -3.68. The van der Waals surface area contributed by atoms with Gasteiger partial charge in [-0.05, 0) is 68.1 Å². The molecule has 6 atom stereocenters. The summed E-state index contributed by atoms with van der Waals surface area (Å²) in [6, 6.07) is -4.04. The van der Waals surface area contributed by atoms with Crippen LogP contribution in [0.5, 0.6) is 0 Å². The van der Waals surface area contributed by atoms with Crippen LogP contribution in [-0.4, -0.2) is 114 Å². The second-order valence-corrected chi connectivity index (χ2v) is 19.2. The molecule has 4 fully saturated rings. The molecule has 2 aliphatic heterocycles. The van der Waals surface area contributed by atoms with Crippen molar-refractivity contribution in [2.75, 3.05) is 32.7 Å². The van der Waals surface area contributed by atoms with Gasteiger partial charge in [0.1, 0.15) is 12.1 Å². The van der Waals surface area contributed by atoms with E-state index in [1.165, 1.54) is 8.61 Å². The van der Waals surface area contributed by atoms with Crippen molar-refractivity contribution in [1.82, 2.24) is 34.8 Å². The number of carbonyl (C=O) groups excluding carboxylic acids is 5. The molecule has 0 aromatic heterocycles. The number of likely N-dealkylation sites (tertiary alicyclic amines) is 1. The predicted molar refractivity (Wildman–Crippen MR) is 199 cm³/mol. The highest BCUT2D eigenvalue weighted by atomic mass is 32.2. The highest BCUT2D eigenvalue weighted by Crippen LogP contribution is 2.65. The maximum Gasteiger partial charge on any atom is 0.315 e. The molecule has 296 valence electrons. The first-order valence-electron chi connectivity index (χ1n) is 19.5. The Bertz CT molecular complexity index is 1440. The lowest BCUT2D eigenvalue weighted by atomic mass is 9.83. The number of Topliss-reactive ketones (excluding diaryl/α,β-unsaturated/α-hetero) is 1. The summed E-state index contributed by atoms with van der Waals surface area (Å²) in [6.07, 6.45) is 5.91. The molecule has 4 aliphatic rings. The zero-order valence-corrected chi connectivity index (χ0v) is 33.7. The first-order valence-corrected chi connectivity index (χ1v) is 20.9. The van der Waals surface area contributed by atoms with Crippen molar-refractivity contribution in [3.05, 3.63) is 0 Å². The fourth-order valence-corrected chi connectivity index (χ4v) is 10.3. The molecule has 0 aromatic carbocycles. The molecule has 2 aliphatic carbocycles. The number of piperidine rings is 1. The summed E-state index contributed by atoms with van der Waals surface area (Å²) in [5.74, 6) is -2.39. The summed E-state index contributed by atoms with van der Waals surface area (Å²) in [7, 11) is -3.68. The van der Waals surface area contributed by atoms with Crippen LogP contribution in [0.25, 0.3) is 0 Å². The third-order valence-electron chi connectivity index (χ3n) is 11.9. The van der Waals surface area contributed by atoms with Crippen molar-refractivity contribution in [2.24, 2.45) is 28.6 Å². The Labute approximate surface area is 311 Å². The Kier molecular flexibility index (Phi) is 13.5. The molecule has 0 spiro atoms. The molecule has 0 bridgehead atoms. The lowest BCUT2D eigenvalue weighted by molar-refractivity contribution is -0.144. The lowest BCUT2D eigenvalue weighted by Gasteiger charge is -2.38. The fourth-order valence-electron chi connectivity index (χ4n) is 8.52. The van der Waals surface area contributed by atoms with Crippen LogP contribution in [0, 0.1) is 28.6 Å². The number of ketones is 1. The average Bonchev–Trinajstić information content (AvgIpc) is 3.34. The predicted octanol–water partition coefficient (Wildman–Crippen LogP) is 2.78. The van der Waals surface area contributed by atoms with Gasteiger partial charge in [-0.25, -0.2) is 4.79 Å². The van der Waals surface area contributed by atoms with Crippen LogP contribution >= 0.6 is 0 Å². The number of carbonyl (C=O) groups is 5. The molecule has 4 N–H and O–H groups in total. The number of hydrogen-bond donors (Lipinski definition) is 4. The van der Waals surface area contributed by atoms with E-state index in [9.17, 15) is 32.4 Å². The molecule has 52 heavy (non-hydrogen) atoms. The van der Waals surface area contributed by atoms with Crippen LogP contribution in [0.2, 0.25) is 0 Å². The van der Waals surface area contributed by atoms with Crippen LogP contribution in [0.3, 0.4) is 0 Å². The molecular formula is C37H65N7O7S. The Morgan fingerprint density at radius 2 is 1.56 bits per heavy atom. The van der Waals surface area contributed by atoms with Gasteiger partial charge in [0.05, 0.1) is 6.04 Å². The Balaban J connectivity index is 1.55. The Morgan fingerprint density at radius 1 is 0.904 bits per heavy atom. The molecule has 2 heterocycles. The van der Waals surface area contributed by atoms with E-state index in [1.807, 2.05) is 48.5 Å². The largest absolute Gasteiger partial charge is 0.349 e. The van der Waals surface area contributed by atoms with Crippen LogP contribution in [0.15, 0.2) is 0 Å². The smallest absolute Gasteiger partial charge is 0.315 e. The van der Waals surface area contributed by atoms with E-state index in [0.717, 1.165) is 32.1 Å². The molecular weight excluding hydrogens is 687 g/mol. The van der Waals surface area contributed by atoms with Crippen LogP contribution in [0.4, 0.5) is 4.79 Å². The van der Waals surface area contributed by atoms with Gasteiger partial charge in [-0.2, -0.15) is 17.0 Å². The molecule has 15 heteroatoms. The number of amides is 5. The Hall–Kier alpha value is -2.78. The van der Waals surface area contributed by atoms with Crippen molar-refractivity contribution in [3.63, 3.8) is 0 Å². The SMILES string of the molecule is CCCNC(=O)C(=O)C(CCC)NC(=O)[C@@H]1[C@@H]2[C@H](CN1C(=O)[C@@H](NC(=O)N[C@H](CN1CCN(C(C)C)S1(=O)=O)C(C)(C)C)C1CCCCC1)C2(C)C. The van der Waals surface area contributed by atoms with Gasteiger partial charge in [-0.1, -0.05) is 74.1 Å². The van der Waals surface area contributed by atoms with Crippen molar-refractivity contribution >= 4 is 39.7 Å². The van der Waals surface area contributed by atoms with E-state index < -0.39 is 63.4 Å². The monoisotopic (exact) mass is 751 g/mol. The Morgan fingerprint density at radius 3 is 2.12 bits per heavy atom. The first kappa shape index (κ1) is 42.0. The van der Waals surface area contributed by atoms with E-state index in [1.54, 1.807) is 4.90 Å². The molecule has 1 unspecified atom stereocenters. The quantitative estimate of drug-likeness (QED) is 0.186. The van der Waals surface area contributed by atoms with Crippen LogP contribution in [0.1, 0.15) is 114 Å². The van der Waals surface area contributed by atoms with Crippen molar-refractivity contribution < 1.29 is 32.4 Å². The van der Waals surface area contributed by atoms with E-state index >= 15 is 0 Å². The second kappa shape index (κ2) is 16.7. The van der Waals surface area contributed by atoms with Crippen molar-refractivity contribution in [2.45, 2.75) is 144 Å². The maximum absolute atomic E-state index is 14.7. The minimum absolute atomic E-state index is 0.0827. The number of hydrogen-bond acceptors (Lipinski definition) is 7. The topological polar surface area (TPSA) is 177 Å². The number of rotatable bonds is 15. The molecule has 0 aromatic rings. The van der Waals surface area contributed by atoms with Gasteiger partial charge in [0, 0.05) is 44.8 Å². The third kappa shape index (κ3) is 9.11. The molecule has 0 radical (unpaired) electrons. The fraction of sp³-hybridized carbons (Fsp3) is 0.865. The molecule has 4 rings (SSSR count). The highest BCUT2D eigenvalue weighted by Gasteiger charge is 2.69. The van der Waals surface area contributed by atoms with Gasteiger partial charge >= 0.3 is 6.03 Å². The summed E-state index contributed by atoms with van der Waals surface area (Å²) >= 11 is 0. The second-order valence-electron chi connectivity index (χ2n) is 17.3. The van der Waals surface area contributed by atoms with Gasteiger partial charge in [-0.3, -0.25) is 19.2 Å². The molecule has 2 saturated heterocycles. The number of nitrogens with one attached hydrogen (secondary N) is 4. The zero-order chi connectivity index (χ0) is 38.8. The van der Waals surface area contributed by atoms with Gasteiger partial charge in [0.2, 0.25) is 17.6 Å². The van der Waals surface area contributed by atoms with Gasteiger partial charge in [0.25, 0.3) is 16.1 Å². The van der Waals surface area contributed by atoms with Gasteiger partial charge < -0.3 is 26.2 Å². The van der Waals surface area contributed by atoms with Crippen LogP contribution in [-0.2, 0) is 29.4 Å². The van der Waals surface area contributed by atoms with Crippen molar-refractivity contribution in [1.29, 1.82) is 0 Å². The van der Waals surface area contributed by atoms with E-state index in [4.69, 9.17) is 0 Å². The molecule has 14 nitrogen and oxygen atoms in total. The molecule has 2 saturated carbocycles. The molecule has 5 amide bonds. The zero-order valence-electron chi connectivity index (χ0n) is 32.9. The summed E-state index contributed by atoms with van der Waals surface area (Å²) in [4.78, 5) is 70.0. The highest BCUT2D eigenvalue weighted by molar-refractivity contribution is 7.87. The van der Waals surface area contributed by atoms with Crippen LogP contribution < -0.4 is 21.3 Å². The average molecular weight is 752 g/mol. The lowest BCUT2D eigenvalue weighted by Crippen LogP contribution is -2.62. The number of urea groups is 1. The summed E-state index contributed by atoms with van der Waals surface area (Å²) in [5.41, 5.74) is -0.693. The first-order chi connectivity index (χ1) is 24.3. The summed E-state index contributed by atoms with van der Waals surface area (Å²) in [6.45, 7) is 18.9. The number of fused-ring (bicyclic) bond motifs is 1. The third-order valence-corrected chi connectivity index (χ3v) is 14.1. The standard InChI is InChI=1S/C37H65N7O7S/c1-10-15-26(31(45)33(47)38-18-11-2)39-32(46)30-28-25(37(28,8)9)21-43(30)34(48)29(24-16-13-12-14-17-24)41-35(49)40-27(36(5,6)7)22-42-19-20-44(23(3)4)52(42,50)51/h23-30H,10-22H2,1-9H3,(H,38,47)(H,39,46)(H2,40,41,49)/t25-,26?,27+,28-,29-,30-/m0/s1.